The lowest BCUT2D eigenvalue weighted by atomic mass is 10.0. The number of ether oxygens (including phenoxy) is 2. The first-order chi connectivity index (χ1) is 22.7. The quantitative estimate of drug-likeness (QED) is 0.162. The number of carbonyl (C=O) groups is 2. The van der Waals surface area contributed by atoms with E-state index in [-0.39, 0.29) is 35.5 Å². The van der Waals surface area contributed by atoms with Gasteiger partial charge in [-0.05, 0) is 67.8 Å². The van der Waals surface area contributed by atoms with Crippen LogP contribution < -0.4 is 19.1 Å². The summed E-state index contributed by atoms with van der Waals surface area (Å²) in [4.78, 5) is 30.2. The van der Waals surface area contributed by atoms with Crippen molar-refractivity contribution < 1.29 is 27.5 Å². The van der Waals surface area contributed by atoms with Crippen molar-refractivity contribution >= 4 is 27.5 Å². The molecule has 4 aromatic rings. The van der Waals surface area contributed by atoms with Crippen LogP contribution in [0, 0.1) is 0 Å². The van der Waals surface area contributed by atoms with Gasteiger partial charge < -0.3 is 19.7 Å². The molecule has 0 aromatic heterocycles. The Labute approximate surface area is 278 Å². The summed E-state index contributed by atoms with van der Waals surface area (Å²) in [5.41, 5.74) is 1.80. The zero-order chi connectivity index (χ0) is 33.8. The molecule has 0 heterocycles. The molecule has 0 aliphatic rings. The van der Waals surface area contributed by atoms with Crippen molar-refractivity contribution in [2.24, 2.45) is 0 Å². The number of carbonyl (C=O) groups excluding carboxylic acids is 2. The minimum Gasteiger partial charge on any atom is -0.497 e. The lowest BCUT2D eigenvalue weighted by molar-refractivity contribution is -0.140. The van der Waals surface area contributed by atoms with Crippen LogP contribution >= 0.6 is 0 Å². The van der Waals surface area contributed by atoms with Crippen molar-refractivity contribution in [3.63, 3.8) is 0 Å². The molecule has 1 N–H and O–H groups in total. The van der Waals surface area contributed by atoms with Gasteiger partial charge in [-0.2, -0.15) is 0 Å². The molecular weight excluding hydrogens is 614 g/mol. The second-order valence-corrected chi connectivity index (χ2v) is 13.0. The standard InChI is InChI=1S/C37H43N3O6S/c1-5-28(3)38-37(42)34(25-29-16-9-7-10-17-29)39(26-30-18-15-19-31(24-30)45-4)36(41)27-40(33-22-13-14-23-35(33)46-6-2)47(43,44)32-20-11-8-12-21-32/h7-24,28,34H,5-6,25-27H2,1-4H3,(H,38,42). The lowest BCUT2D eigenvalue weighted by Gasteiger charge is -2.34. The molecule has 248 valence electrons. The largest absolute Gasteiger partial charge is 0.497 e. The zero-order valence-electron chi connectivity index (χ0n) is 27.3. The summed E-state index contributed by atoms with van der Waals surface area (Å²) in [6.45, 7) is 5.43. The maximum atomic E-state index is 14.7. The van der Waals surface area contributed by atoms with Gasteiger partial charge in [0.15, 0.2) is 0 Å². The van der Waals surface area contributed by atoms with Crippen molar-refractivity contribution in [2.75, 3.05) is 24.6 Å². The van der Waals surface area contributed by atoms with Gasteiger partial charge in [0.25, 0.3) is 10.0 Å². The van der Waals surface area contributed by atoms with Crippen LogP contribution in [0.15, 0.2) is 114 Å². The number of amides is 2. The van der Waals surface area contributed by atoms with Gasteiger partial charge in [0.1, 0.15) is 24.1 Å². The number of hydrogen-bond acceptors (Lipinski definition) is 6. The molecule has 0 saturated carbocycles. The number of hydrogen-bond donors (Lipinski definition) is 1. The third-order valence-electron chi connectivity index (χ3n) is 7.80. The Morgan fingerprint density at radius 1 is 0.830 bits per heavy atom. The van der Waals surface area contributed by atoms with Gasteiger partial charge >= 0.3 is 0 Å². The van der Waals surface area contributed by atoms with E-state index >= 15 is 0 Å². The first-order valence-electron chi connectivity index (χ1n) is 15.7. The summed E-state index contributed by atoms with van der Waals surface area (Å²) < 4.78 is 40.9. The van der Waals surface area contributed by atoms with Crippen LogP contribution in [0.1, 0.15) is 38.3 Å². The summed E-state index contributed by atoms with van der Waals surface area (Å²) in [6.07, 6.45) is 0.921. The Morgan fingerprint density at radius 2 is 1.47 bits per heavy atom. The summed E-state index contributed by atoms with van der Waals surface area (Å²) in [5, 5.41) is 3.05. The van der Waals surface area contributed by atoms with Gasteiger partial charge in [0, 0.05) is 19.0 Å². The van der Waals surface area contributed by atoms with Crippen LogP contribution in [-0.2, 0) is 32.6 Å². The number of methoxy groups -OCH3 is 1. The molecule has 0 spiro atoms. The Kier molecular flexibility index (Phi) is 12.4. The Morgan fingerprint density at radius 3 is 2.13 bits per heavy atom. The molecule has 0 bridgehead atoms. The molecular formula is C37H43N3O6S. The minimum absolute atomic E-state index is 0.0220. The topological polar surface area (TPSA) is 105 Å². The van der Waals surface area contributed by atoms with Crippen LogP contribution in [0.4, 0.5) is 5.69 Å². The number of benzene rings is 4. The second-order valence-electron chi connectivity index (χ2n) is 11.1. The van der Waals surface area contributed by atoms with E-state index in [4.69, 9.17) is 9.47 Å². The molecule has 0 aliphatic carbocycles. The molecule has 0 aliphatic heterocycles. The van der Waals surface area contributed by atoms with E-state index < -0.39 is 28.5 Å². The van der Waals surface area contributed by atoms with Gasteiger partial charge in [0.2, 0.25) is 11.8 Å². The number of rotatable bonds is 16. The molecule has 10 heteroatoms. The average Bonchev–Trinajstić information content (AvgIpc) is 3.09. The van der Waals surface area contributed by atoms with Crippen molar-refractivity contribution in [1.29, 1.82) is 0 Å². The Bertz CT molecular complexity index is 1720. The van der Waals surface area contributed by atoms with Crippen molar-refractivity contribution in [1.82, 2.24) is 10.2 Å². The summed E-state index contributed by atoms with van der Waals surface area (Å²) in [6, 6.07) is 30.3. The van der Waals surface area contributed by atoms with Crippen molar-refractivity contribution in [3.05, 3.63) is 120 Å². The third kappa shape index (κ3) is 9.13. The highest BCUT2D eigenvalue weighted by molar-refractivity contribution is 7.92. The smallest absolute Gasteiger partial charge is 0.264 e. The lowest BCUT2D eigenvalue weighted by Crippen LogP contribution is -2.54. The van der Waals surface area contributed by atoms with Gasteiger partial charge in [-0.25, -0.2) is 8.42 Å². The zero-order valence-corrected chi connectivity index (χ0v) is 28.2. The second kappa shape index (κ2) is 16.6. The normalized spacial score (nSPS) is 12.4. The SMILES string of the molecule is CCOc1ccccc1N(CC(=O)N(Cc1cccc(OC)c1)C(Cc1ccccc1)C(=O)NC(C)CC)S(=O)(=O)c1ccccc1. The van der Waals surface area contributed by atoms with Crippen molar-refractivity contribution in [3.8, 4) is 11.5 Å². The molecule has 0 fully saturated rings. The summed E-state index contributed by atoms with van der Waals surface area (Å²) in [5.74, 6) is 0.0278. The molecule has 0 radical (unpaired) electrons. The fourth-order valence-corrected chi connectivity index (χ4v) is 6.58. The van der Waals surface area contributed by atoms with Crippen LogP contribution in [0.5, 0.6) is 11.5 Å². The van der Waals surface area contributed by atoms with E-state index in [1.165, 1.54) is 17.0 Å². The van der Waals surface area contributed by atoms with E-state index in [2.05, 4.69) is 5.32 Å². The number of anilines is 1. The van der Waals surface area contributed by atoms with E-state index in [0.29, 0.717) is 24.5 Å². The molecule has 47 heavy (non-hydrogen) atoms. The molecule has 4 rings (SSSR count). The predicted molar refractivity (Wildman–Crippen MR) is 184 cm³/mol. The van der Waals surface area contributed by atoms with Crippen LogP contribution in [0.3, 0.4) is 0 Å². The average molecular weight is 658 g/mol. The molecule has 2 unspecified atom stereocenters. The third-order valence-corrected chi connectivity index (χ3v) is 9.58. The van der Waals surface area contributed by atoms with E-state index in [1.807, 2.05) is 56.3 Å². The summed E-state index contributed by atoms with van der Waals surface area (Å²) >= 11 is 0. The summed E-state index contributed by atoms with van der Waals surface area (Å²) in [7, 11) is -2.69. The van der Waals surface area contributed by atoms with Crippen LogP contribution in [0.25, 0.3) is 0 Å². The highest BCUT2D eigenvalue weighted by Gasteiger charge is 2.35. The van der Waals surface area contributed by atoms with Gasteiger partial charge in [-0.3, -0.25) is 13.9 Å². The molecule has 2 amide bonds. The monoisotopic (exact) mass is 657 g/mol. The first-order valence-corrected chi connectivity index (χ1v) is 17.2. The minimum atomic E-state index is -4.25. The predicted octanol–water partition coefficient (Wildman–Crippen LogP) is 5.84. The number of nitrogens with one attached hydrogen (secondary N) is 1. The fourth-order valence-electron chi connectivity index (χ4n) is 5.14. The number of nitrogens with zero attached hydrogens (tertiary/aromatic N) is 2. The van der Waals surface area contributed by atoms with Gasteiger partial charge in [-0.15, -0.1) is 0 Å². The van der Waals surface area contributed by atoms with E-state index in [0.717, 1.165) is 15.4 Å². The van der Waals surface area contributed by atoms with Crippen molar-refractivity contribution in [2.45, 2.75) is 57.1 Å². The van der Waals surface area contributed by atoms with Crippen LogP contribution in [0.2, 0.25) is 0 Å². The number of sulfonamides is 1. The van der Waals surface area contributed by atoms with Gasteiger partial charge in [-0.1, -0.05) is 79.7 Å². The van der Waals surface area contributed by atoms with Gasteiger partial charge in [0.05, 0.1) is 24.3 Å². The van der Waals surface area contributed by atoms with Crippen LogP contribution in [-0.4, -0.2) is 57.5 Å². The Hall–Kier alpha value is -4.83. The maximum Gasteiger partial charge on any atom is 0.264 e. The molecule has 9 nitrogen and oxygen atoms in total. The van der Waals surface area contributed by atoms with E-state index in [1.54, 1.807) is 68.6 Å². The fraction of sp³-hybridized carbons (Fsp3) is 0.297. The molecule has 0 saturated heterocycles. The maximum absolute atomic E-state index is 14.7. The Balaban J connectivity index is 1.84. The van der Waals surface area contributed by atoms with E-state index in [9.17, 15) is 18.0 Å². The highest BCUT2D eigenvalue weighted by Crippen LogP contribution is 2.33. The molecule has 2 atom stereocenters. The highest BCUT2D eigenvalue weighted by atomic mass is 32.2. The first kappa shape index (κ1) is 35.0. The molecule has 4 aromatic carbocycles. The number of para-hydroxylation sites is 2.